The van der Waals surface area contributed by atoms with Gasteiger partial charge in [-0.25, -0.2) is 0 Å². The second-order valence-electron chi connectivity index (χ2n) is 1.29. The molecule has 0 saturated heterocycles. The standard InChI is InChI=1S/C5H8O3.Na/c1-4(6)3-5(7)8-2;/h6H,1,3H2,2H3;/q;+1/p-1. The van der Waals surface area contributed by atoms with Crippen molar-refractivity contribution in [2.75, 3.05) is 7.11 Å². The predicted molar refractivity (Wildman–Crippen MR) is 25.8 cm³/mol. The van der Waals surface area contributed by atoms with Crippen LogP contribution in [0.25, 0.3) is 0 Å². The van der Waals surface area contributed by atoms with Crippen molar-refractivity contribution in [1.29, 1.82) is 0 Å². The van der Waals surface area contributed by atoms with Gasteiger partial charge in [-0.3, -0.25) is 4.79 Å². The Kier molecular flexibility index (Phi) is 8.02. The third-order valence-electron chi connectivity index (χ3n) is 0.569. The number of ether oxygens (including phenoxy) is 1. The Morgan fingerprint density at radius 2 is 2.22 bits per heavy atom. The van der Waals surface area contributed by atoms with Gasteiger partial charge in [0, 0.05) is 0 Å². The molecule has 0 rings (SSSR count). The predicted octanol–water partition coefficient (Wildman–Crippen LogP) is -3.57. The Morgan fingerprint density at radius 3 is 2.33 bits per heavy atom. The fourth-order valence-corrected chi connectivity index (χ4v) is 0.233. The molecule has 3 nitrogen and oxygen atoms in total. The Hall–Kier alpha value is 0.0100. The molecule has 0 radical (unpaired) electrons. The maximum Gasteiger partial charge on any atom is 1.00 e. The van der Waals surface area contributed by atoms with Crippen molar-refractivity contribution in [1.82, 2.24) is 0 Å². The number of carbonyl (C=O) groups excluding carboxylic acids is 1. The first-order valence-electron chi connectivity index (χ1n) is 2.08. The third-order valence-corrected chi connectivity index (χ3v) is 0.569. The molecule has 9 heavy (non-hydrogen) atoms. The topological polar surface area (TPSA) is 49.4 Å². The van der Waals surface area contributed by atoms with Crippen LogP contribution in [0.1, 0.15) is 6.42 Å². The van der Waals surface area contributed by atoms with E-state index >= 15 is 0 Å². The maximum atomic E-state index is 10.1. The largest absolute Gasteiger partial charge is 1.00 e. The minimum absolute atomic E-state index is 0. The fourth-order valence-electron chi connectivity index (χ4n) is 0.233. The van der Waals surface area contributed by atoms with Gasteiger partial charge in [-0.15, -0.1) is 12.3 Å². The van der Waals surface area contributed by atoms with Crippen LogP contribution in [0.5, 0.6) is 0 Å². The first-order valence-corrected chi connectivity index (χ1v) is 2.08. The van der Waals surface area contributed by atoms with Gasteiger partial charge in [0.15, 0.2) is 0 Å². The van der Waals surface area contributed by atoms with Crippen LogP contribution >= 0.6 is 0 Å². The van der Waals surface area contributed by atoms with E-state index in [2.05, 4.69) is 11.3 Å². The summed E-state index contributed by atoms with van der Waals surface area (Å²) in [7, 11) is 1.23. The average Bonchev–Trinajstić information content (AvgIpc) is 1.65. The van der Waals surface area contributed by atoms with E-state index in [1.807, 2.05) is 0 Å². The van der Waals surface area contributed by atoms with Crippen LogP contribution in [0.2, 0.25) is 0 Å². The Balaban J connectivity index is 0. The van der Waals surface area contributed by atoms with E-state index in [-0.39, 0.29) is 36.0 Å². The number of esters is 1. The molecule has 0 aromatic rings. The van der Waals surface area contributed by atoms with Gasteiger partial charge in [0.25, 0.3) is 0 Å². The minimum atomic E-state index is -0.537. The summed E-state index contributed by atoms with van der Waals surface area (Å²) in [6.45, 7) is 2.99. The van der Waals surface area contributed by atoms with Crippen LogP contribution < -0.4 is 34.7 Å². The molecule has 0 aromatic carbocycles. The van der Waals surface area contributed by atoms with Crippen LogP contribution in [0.4, 0.5) is 0 Å². The van der Waals surface area contributed by atoms with Gasteiger partial charge >= 0.3 is 35.5 Å². The van der Waals surface area contributed by atoms with Crippen molar-refractivity contribution in [2.45, 2.75) is 6.42 Å². The molecule has 0 bridgehead atoms. The monoisotopic (exact) mass is 138 g/mol. The first kappa shape index (κ1) is 11.8. The summed E-state index contributed by atoms with van der Waals surface area (Å²) in [5.41, 5.74) is 0. The van der Waals surface area contributed by atoms with Crippen molar-refractivity contribution < 1.29 is 44.2 Å². The zero-order valence-electron chi connectivity index (χ0n) is 5.64. The second-order valence-corrected chi connectivity index (χ2v) is 1.29. The Labute approximate surface area is 76.0 Å². The molecule has 46 valence electrons. The summed E-state index contributed by atoms with van der Waals surface area (Å²) < 4.78 is 4.16. The molecule has 0 aliphatic carbocycles. The molecule has 4 heteroatoms. The van der Waals surface area contributed by atoms with E-state index in [4.69, 9.17) is 0 Å². The molecule has 0 spiro atoms. The summed E-state index contributed by atoms with van der Waals surface area (Å²) in [6.07, 6.45) is -0.226. The van der Waals surface area contributed by atoms with Crippen molar-refractivity contribution in [2.24, 2.45) is 0 Å². The van der Waals surface area contributed by atoms with E-state index in [1.54, 1.807) is 0 Å². The van der Waals surface area contributed by atoms with E-state index in [9.17, 15) is 9.90 Å². The molecule has 0 aromatic heterocycles. The van der Waals surface area contributed by atoms with Gasteiger partial charge in [0.05, 0.1) is 13.5 Å². The molecule has 0 heterocycles. The van der Waals surface area contributed by atoms with Gasteiger partial charge in [0.2, 0.25) is 0 Å². The molecule has 0 saturated carbocycles. The molecular weight excluding hydrogens is 131 g/mol. The fraction of sp³-hybridized carbons (Fsp3) is 0.400. The van der Waals surface area contributed by atoms with E-state index in [0.717, 1.165) is 0 Å². The van der Waals surface area contributed by atoms with Crippen molar-refractivity contribution in [3.63, 3.8) is 0 Å². The molecule has 0 N–H and O–H groups in total. The van der Waals surface area contributed by atoms with Crippen LogP contribution in [0, 0.1) is 0 Å². The molecular formula is C5H7NaO3. The third kappa shape index (κ3) is 8.01. The van der Waals surface area contributed by atoms with Gasteiger partial charge in [-0.1, -0.05) is 0 Å². The number of carbonyl (C=O) groups is 1. The maximum absolute atomic E-state index is 10.1. The smallest absolute Gasteiger partial charge is 0.875 e. The van der Waals surface area contributed by atoms with Gasteiger partial charge in [-0.05, 0) is 0 Å². The molecule has 0 atom stereocenters. The van der Waals surface area contributed by atoms with Crippen LogP contribution in [0.15, 0.2) is 12.3 Å². The van der Waals surface area contributed by atoms with Gasteiger partial charge in [0.1, 0.15) is 0 Å². The number of hydrogen-bond acceptors (Lipinski definition) is 3. The van der Waals surface area contributed by atoms with E-state index in [1.165, 1.54) is 7.11 Å². The average molecular weight is 138 g/mol. The minimum Gasteiger partial charge on any atom is -0.875 e. The van der Waals surface area contributed by atoms with Gasteiger partial charge < -0.3 is 9.84 Å². The number of methoxy groups -OCH3 is 1. The number of hydrogen-bond donors (Lipinski definition) is 0. The molecule has 0 fully saturated rings. The zero-order valence-corrected chi connectivity index (χ0v) is 7.64. The first-order chi connectivity index (χ1) is 3.66. The van der Waals surface area contributed by atoms with Crippen molar-refractivity contribution in [3.05, 3.63) is 12.3 Å². The normalized spacial score (nSPS) is 7.22. The van der Waals surface area contributed by atoms with E-state index in [0.29, 0.717) is 0 Å². The summed E-state index contributed by atoms with van der Waals surface area (Å²) in [5, 5.41) is 10.0. The zero-order chi connectivity index (χ0) is 6.57. The second kappa shape index (κ2) is 6.13. The Morgan fingerprint density at radius 1 is 1.78 bits per heavy atom. The molecule has 0 aliphatic rings. The van der Waals surface area contributed by atoms with Crippen molar-refractivity contribution in [3.8, 4) is 0 Å². The SMILES string of the molecule is C=C([O-])CC(=O)OC.[Na+]. The van der Waals surface area contributed by atoms with Crippen LogP contribution in [-0.2, 0) is 9.53 Å². The summed E-state index contributed by atoms with van der Waals surface area (Å²) in [4.78, 5) is 10.1. The Bertz CT molecular complexity index is 111. The molecule has 0 unspecified atom stereocenters. The molecule has 0 aliphatic heterocycles. The van der Waals surface area contributed by atoms with Crippen LogP contribution in [-0.4, -0.2) is 13.1 Å². The quantitative estimate of drug-likeness (QED) is 0.225. The van der Waals surface area contributed by atoms with E-state index < -0.39 is 11.7 Å². The summed E-state index contributed by atoms with van der Waals surface area (Å²) in [6, 6.07) is 0. The summed E-state index contributed by atoms with van der Waals surface area (Å²) >= 11 is 0. The van der Waals surface area contributed by atoms with Crippen LogP contribution in [0.3, 0.4) is 0 Å². The molecule has 0 amide bonds. The van der Waals surface area contributed by atoms with Gasteiger partial charge in [-0.2, -0.15) is 0 Å². The number of rotatable bonds is 2. The van der Waals surface area contributed by atoms with Crippen molar-refractivity contribution >= 4 is 5.97 Å². The summed E-state index contributed by atoms with van der Waals surface area (Å²) in [5.74, 6) is -0.957.